The van der Waals surface area contributed by atoms with Gasteiger partial charge in [0.25, 0.3) is 0 Å². The minimum Gasteiger partial charge on any atom is -0.483 e. The van der Waals surface area contributed by atoms with Gasteiger partial charge in [0.1, 0.15) is 11.8 Å². The Hall–Kier alpha value is -2.43. The van der Waals surface area contributed by atoms with Gasteiger partial charge < -0.3 is 15.4 Å². The molecule has 2 amide bonds. The predicted molar refractivity (Wildman–Crippen MR) is 79.2 cm³/mol. The molecule has 23 heavy (non-hydrogen) atoms. The Morgan fingerprint density at radius 3 is 2.65 bits per heavy atom. The van der Waals surface area contributed by atoms with Crippen molar-refractivity contribution in [2.75, 3.05) is 18.5 Å². The van der Waals surface area contributed by atoms with Crippen LogP contribution in [0.2, 0.25) is 0 Å². The summed E-state index contributed by atoms with van der Waals surface area (Å²) in [7, 11) is 0. The van der Waals surface area contributed by atoms with Gasteiger partial charge in [0.05, 0.1) is 5.56 Å². The fraction of sp³-hybridized carbons (Fsp3) is 0.467. The van der Waals surface area contributed by atoms with Crippen LogP contribution in [0.5, 0.6) is 5.75 Å². The zero-order valence-corrected chi connectivity index (χ0v) is 12.8. The molecule has 5 nitrogen and oxygen atoms in total. The molecule has 1 aromatic rings. The number of amides is 2. The standard InChI is InChI=1S/C15H18F3N3O2/c1-10(2)5-6-20-14(22)21-12-3-4-13(11(7-12)8-19)23-9-15(16,17)18/h3-4,7,10H,5-6,9H2,1-2H3,(H2,20,21,22). The van der Waals surface area contributed by atoms with Crippen molar-refractivity contribution < 1.29 is 22.7 Å². The Kier molecular flexibility index (Phi) is 6.69. The van der Waals surface area contributed by atoms with E-state index >= 15 is 0 Å². The zero-order chi connectivity index (χ0) is 17.5. The highest BCUT2D eigenvalue weighted by Crippen LogP contribution is 2.24. The van der Waals surface area contributed by atoms with Gasteiger partial charge in [-0.25, -0.2) is 4.79 Å². The smallest absolute Gasteiger partial charge is 0.422 e. The second-order valence-electron chi connectivity index (χ2n) is 5.29. The van der Waals surface area contributed by atoms with Crippen molar-refractivity contribution in [1.82, 2.24) is 5.32 Å². The number of benzene rings is 1. The van der Waals surface area contributed by atoms with E-state index < -0.39 is 18.8 Å². The SMILES string of the molecule is CC(C)CCNC(=O)Nc1ccc(OCC(F)(F)F)c(C#N)c1. The van der Waals surface area contributed by atoms with Crippen molar-refractivity contribution in [3.05, 3.63) is 23.8 Å². The first kappa shape index (κ1) is 18.6. The molecule has 0 bridgehead atoms. The molecule has 1 rings (SSSR count). The number of halogens is 3. The molecule has 8 heteroatoms. The van der Waals surface area contributed by atoms with Crippen LogP contribution in [0.25, 0.3) is 0 Å². The fourth-order valence-corrected chi connectivity index (χ4v) is 1.63. The molecular formula is C15H18F3N3O2. The van der Waals surface area contributed by atoms with Crippen LogP contribution in [0, 0.1) is 17.2 Å². The number of rotatable bonds is 6. The van der Waals surface area contributed by atoms with Gasteiger partial charge in [-0.2, -0.15) is 18.4 Å². The van der Waals surface area contributed by atoms with Gasteiger partial charge in [0.15, 0.2) is 6.61 Å². The second kappa shape index (κ2) is 8.27. The number of carbonyl (C=O) groups is 1. The summed E-state index contributed by atoms with van der Waals surface area (Å²) in [6.45, 7) is 3.07. The maximum atomic E-state index is 12.1. The van der Waals surface area contributed by atoms with E-state index in [4.69, 9.17) is 5.26 Å². The van der Waals surface area contributed by atoms with E-state index in [1.165, 1.54) is 18.2 Å². The highest BCUT2D eigenvalue weighted by molar-refractivity contribution is 5.89. The van der Waals surface area contributed by atoms with Crippen LogP contribution in [-0.4, -0.2) is 25.4 Å². The van der Waals surface area contributed by atoms with Gasteiger partial charge in [-0.15, -0.1) is 0 Å². The van der Waals surface area contributed by atoms with E-state index in [2.05, 4.69) is 15.4 Å². The Balaban J connectivity index is 2.65. The van der Waals surface area contributed by atoms with Crippen LogP contribution in [0.3, 0.4) is 0 Å². The van der Waals surface area contributed by atoms with Gasteiger partial charge in [-0.3, -0.25) is 0 Å². The van der Waals surface area contributed by atoms with Gasteiger partial charge in [0.2, 0.25) is 0 Å². The number of anilines is 1. The van der Waals surface area contributed by atoms with Crippen molar-refractivity contribution in [1.29, 1.82) is 5.26 Å². The summed E-state index contributed by atoms with van der Waals surface area (Å²) in [5.41, 5.74) is 0.206. The monoisotopic (exact) mass is 329 g/mol. The predicted octanol–water partition coefficient (Wildman–Crippen LogP) is 3.67. The maximum absolute atomic E-state index is 12.1. The van der Waals surface area contributed by atoms with Gasteiger partial charge in [-0.1, -0.05) is 13.8 Å². The van der Waals surface area contributed by atoms with Crippen molar-refractivity contribution in [3.63, 3.8) is 0 Å². The van der Waals surface area contributed by atoms with Gasteiger partial charge in [0, 0.05) is 12.2 Å². The summed E-state index contributed by atoms with van der Waals surface area (Å²) in [6.07, 6.45) is -3.67. The number of hydrogen-bond acceptors (Lipinski definition) is 3. The van der Waals surface area contributed by atoms with E-state index in [0.717, 1.165) is 6.42 Å². The van der Waals surface area contributed by atoms with E-state index in [-0.39, 0.29) is 11.3 Å². The molecule has 0 aliphatic heterocycles. The summed E-state index contributed by atoms with van der Waals surface area (Å²) in [6, 6.07) is 5.14. The molecule has 126 valence electrons. The lowest BCUT2D eigenvalue weighted by atomic mass is 10.1. The Morgan fingerprint density at radius 2 is 2.09 bits per heavy atom. The van der Waals surface area contributed by atoms with E-state index in [9.17, 15) is 18.0 Å². The van der Waals surface area contributed by atoms with Crippen LogP contribution >= 0.6 is 0 Å². The number of hydrogen-bond donors (Lipinski definition) is 2. The van der Waals surface area contributed by atoms with Gasteiger partial charge in [-0.05, 0) is 30.5 Å². The Bertz CT molecular complexity index is 580. The molecule has 0 atom stereocenters. The summed E-state index contributed by atoms with van der Waals surface area (Å²) in [5, 5.41) is 14.1. The minimum absolute atomic E-state index is 0.0887. The number of nitriles is 1. The van der Waals surface area contributed by atoms with Gasteiger partial charge >= 0.3 is 12.2 Å². The lowest BCUT2D eigenvalue weighted by Crippen LogP contribution is -2.30. The van der Waals surface area contributed by atoms with Crippen molar-refractivity contribution >= 4 is 11.7 Å². The van der Waals surface area contributed by atoms with Crippen LogP contribution < -0.4 is 15.4 Å². The average molecular weight is 329 g/mol. The molecule has 0 aliphatic rings. The second-order valence-corrected chi connectivity index (χ2v) is 5.29. The molecule has 0 heterocycles. The Labute approximate surface area is 132 Å². The third-order valence-electron chi connectivity index (χ3n) is 2.76. The van der Waals surface area contributed by atoms with Crippen molar-refractivity contribution in [2.24, 2.45) is 5.92 Å². The van der Waals surface area contributed by atoms with E-state index in [1.54, 1.807) is 6.07 Å². The van der Waals surface area contributed by atoms with Crippen molar-refractivity contribution in [3.8, 4) is 11.8 Å². The van der Waals surface area contributed by atoms with Crippen LogP contribution in [0.15, 0.2) is 18.2 Å². The summed E-state index contributed by atoms with van der Waals surface area (Å²) >= 11 is 0. The molecular weight excluding hydrogens is 311 g/mol. The molecule has 0 radical (unpaired) electrons. The van der Waals surface area contributed by atoms with E-state index in [0.29, 0.717) is 18.2 Å². The molecule has 0 saturated carbocycles. The number of alkyl halides is 3. The number of nitrogens with zero attached hydrogens (tertiary/aromatic N) is 1. The summed E-state index contributed by atoms with van der Waals surface area (Å²) in [4.78, 5) is 11.7. The van der Waals surface area contributed by atoms with E-state index in [1.807, 2.05) is 13.8 Å². The molecule has 0 spiro atoms. The lowest BCUT2D eigenvalue weighted by molar-refractivity contribution is -0.153. The van der Waals surface area contributed by atoms with Crippen LogP contribution in [0.1, 0.15) is 25.8 Å². The number of ether oxygens (including phenoxy) is 1. The van der Waals surface area contributed by atoms with Crippen molar-refractivity contribution in [2.45, 2.75) is 26.4 Å². The molecule has 0 saturated heterocycles. The quantitative estimate of drug-likeness (QED) is 0.836. The number of carbonyl (C=O) groups excluding carboxylic acids is 1. The molecule has 2 N–H and O–H groups in total. The molecule has 1 aromatic carbocycles. The largest absolute Gasteiger partial charge is 0.483 e. The molecule has 0 aromatic heterocycles. The van der Waals surface area contributed by atoms with Crippen LogP contribution in [0.4, 0.5) is 23.7 Å². The summed E-state index contributed by atoms with van der Waals surface area (Å²) < 4.78 is 41.0. The molecule has 0 unspecified atom stereocenters. The third kappa shape index (κ3) is 7.40. The highest BCUT2D eigenvalue weighted by atomic mass is 19.4. The normalized spacial score (nSPS) is 11.0. The third-order valence-corrected chi connectivity index (χ3v) is 2.76. The first-order valence-corrected chi connectivity index (χ1v) is 7.00. The first-order chi connectivity index (χ1) is 10.7. The lowest BCUT2D eigenvalue weighted by Gasteiger charge is -2.12. The zero-order valence-electron chi connectivity index (χ0n) is 12.8. The summed E-state index contributed by atoms with van der Waals surface area (Å²) in [5.74, 6) is 0.265. The maximum Gasteiger partial charge on any atom is 0.422 e. The topological polar surface area (TPSA) is 74.2 Å². The first-order valence-electron chi connectivity index (χ1n) is 7.00. The Morgan fingerprint density at radius 1 is 1.39 bits per heavy atom. The molecule has 0 aliphatic carbocycles. The molecule has 0 fully saturated rings. The number of urea groups is 1. The minimum atomic E-state index is -4.49. The average Bonchev–Trinajstić information content (AvgIpc) is 2.44. The highest BCUT2D eigenvalue weighted by Gasteiger charge is 2.28. The fourth-order valence-electron chi connectivity index (χ4n) is 1.63. The number of nitrogens with one attached hydrogen (secondary N) is 2. The van der Waals surface area contributed by atoms with Crippen LogP contribution in [-0.2, 0) is 0 Å².